The van der Waals surface area contributed by atoms with Crippen molar-refractivity contribution >= 4 is 0 Å². The Balaban J connectivity index is 1.79. The van der Waals surface area contributed by atoms with Crippen LogP contribution in [0.1, 0.15) is 71.6 Å². The van der Waals surface area contributed by atoms with Crippen molar-refractivity contribution in [1.29, 1.82) is 0 Å². The van der Waals surface area contributed by atoms with Crippen LogP contribution in [0.5, 0.6) is 0 Å². The van der Waals surface area contributed by atoms with Crippen molar-refractivity contribution in [3.05, 3.63) is 0 Å². The van der Waals surface area contributed by atoms with Crippen molar-refractivity contribution in [2.24, 2.45) is 22.7 Å². The van der Waals surface area contributed by atoms with Crippen LogP contribution in [0.4, 0.5) is 0 Å². The normalized spacial score (nSPS) is 43.5. The van der Waals surface area contributed by atoms with E-state index in [9.17, 15) is 0 Å². The molecule has 4 bridgehead atoms. The first-order valence-electron chi connectivity index (χ1n) is 8.76. The second-order valence-corrected chi connectivity index (χ2v) is 8.38. The minimum Gasteiger partial charge on any atom is -0.313 e. The first-order chi connectivity index (χ1) is 9.59. The van der Waals surface area contributed by atoms with Gasteiger partial charge in [0.15, 0.2) is 0 Å². The van der Waals surface area contributed by atoms with Crippen molar-refractivity contribution < 1.29 is 0 Å². The van der Waals surface area contributed by atoms with E-state index in [-0.39, 0.29) is 0 Å². The molecule has 1 heteroatoms. The maximum Gasteiger partial charge on any atom is 0.0133 e. The Morgan fingerprint density at radius 3 is 2.50 bits per heavy atom. The third-order valence-electron chi connectivity index (χ3n) is 6.36. The second kappa shape index (κ2) is 5.38. The van der Waals surface area contributed by atoms with Crippen molar-refractivity contribution in [2.45, 2.75) is 77.7 Å². The van der Waals surface area contributed by atoms with Gasteiger partial charge in [0.2, 0.25) is 0 Å². The van der Waals surface area contributed by atoms with Gasteiger partial charge in [0.1, 0.15) is 0 Å². The second-order valence-electron chi connectivity index (χ2n) is 8.38. The molecule has 0 aromatic carbocycles. The highest BCUT2D eigenvalue weighted by molar-refractivity contribution is 5.10. The Kier molecular flexibility index (Phi) is 3.89. The Labute approximate surface area is 125 Å². The maximum atomic E-state index is 5.55. The molecule has 4 aliphatic carbocycles. The Morgan fingerprint density at radius 2 is 1.95 bits per heavy atom. The summed E-state index contributed by atoms with van der Waals surface area (Å²) in [6.07, 6.45) is 17.8. The number of terminal acetylenes is 1. The summed E-state index contributed by atoms with van der Waals surface area (Å²) in [5.41, 5.74) is 1.22. The minimum absolute atomic E-state index is 0.574. The lowest BCUT2D eigenvalue weighted by Crippen LogP contribution is -2.58. The summed E-state index contributed by atoms with van der Waals surface area (Å²) in [4.78, 5) is 0. The Hall–Kier alpha value is -0.480. The zero-order valence-electron chi connectivity index (χ0n) is 13.4. The monoisotopic (exact) mass is 273 g/mol. The predicted octanol–water partition coefficient (Wildman–Crippen LogP) is 4.37. The quantitative estimate of drug-likeness (QED) is 0.708. The number of rotatable bonds is 6. The molecule has 1 nitrogen and oxygen atoms in total. The molecule has 0 aromatic heterocycles. The van der Waals surface area contributed by atoms with Gasteiger partial charge < -0.3 is 5.32 Å². The van der Waals surface area contributed by atoms with Crippen molar-refractivity contribution in [1.82, 2.24) is 5.32 Å². The van der Waals surface area contributed by atoms with Gasteiger partial charge in [-0.15, -0.1) is 12.3 Å². The van der Waals surface area contributed by atoms with Gasteiger partial charge in [-0.3, -0.25) is 0 Å². The molecule has 0 heterocycles. The third-order valence-corrected chi connectivity index (χ3v) is 6.36. The lowest BCUT2D eigenvalue weighted by atomic mass is 9.43. The van der Waals surface area contributed by atoms with E-state index < -0.39 is 0 Å². The summed E-state index contributed by atoms with van der Waals surface area (Å²) < 4.78 is 0. The van der Waals surface area contributed by atoms with Crippen LogP contribution in [0.15, 0.2) is 0 Å². The largest absolute Gasteiger partial charge is 0.313 e. The smallest absolute Gasteiger partial charge is 0.0133 e. The number of hydrogen-bond donors (Lipinski definition) is 1. The summed E-state index contributed by atoms with van der Waals surface area (Å²) in [6, 6.07) is 0.670. The molecule has 3 unspecified atom stereocenters. The van der Waals surface area contributed by atoms with Gasteiger partial charge in [-0.25, -0.2) is 0 Å². The molecule has 20 heavy (non-hydrogen) atoms. The predicted molar refractivity (Wildman–Crippen MR) is 85.4 cm³/mol. The van der Waals surface area contributed by atoms with Crippen molar-refractivity contribution in [2.75, 3.05) is 6.54 Å². The van der Waals surface area contributed by atoms with Crippen molar-refractivity contribution in [3.63, 3.8) is 0 Å². The number of nitrogens with one attached hydrogen (secondary N) is 1. The maximum absolute atomic E-state index is 5.55. The molecule has 4 aliphatic rings. The van der Waals surface area contributed by atoms with Crippen LogP contribution >= 0.6 is 0 Å². The van der Waals surface area contributed by atoms with E-state index in [1.54, 1.807) is 0 Å². The standard InChI is InChI=1S/C19H31N/c1-4-6-7-17(20-8-5-2)19-12-15-9-16(13-19)11-18(3,10-15)14-19/h1,15-17,20H,5-14H2,2-3H3. The highest BCUT2D eigenvalue weighted by atomic mass is 14.9. The van der Waals surface area contributed by atoms with Crippen molar-refractivity contribution in [3.8, 4) is 12.3 Å². The first-order valence-corrected chi connectivity index (χ1v) is 8.76. The summed E-state index contributed by atoms with van der Waals surface area (Å²) in [7, 11) is 0. The first kappa shape index (κ1) is 14.5. The highest BCUT2D eigenvalue weighted by Crippen LogP contribution is 2.66. The van der Waals surface area contributed by atoms with E-state index in [0.717, 1.165) is 24.8 Å². The van der Waals surface area contributed by atoms with E-state index in [1.165, 1.54) is 51.4 Å². The zero-order chi connectivity index (χ0) is 14.2. The van der Waals surface area contributed by atoms with Gasteiger partial charge in [0.05, 0.1) is 0 Å². The van der Waals surface area contributed by atoms with Gasteiger partial charge in [-0.2, -0.15) is 0 Å². The summed E-state index contributed by atoms with van der Waals surface area (Å²) in [6.45, 7) is 5.99. The van der Waals surface area contributed by atoms with E-state index >= 15 is 0 Å². The van der Waals surface area contributed by atoms with Gasteiger partial charge in [-0.05, 0) is 80.6 Å². The molecular weight excluding hydrogens is 242 g/mol. The van der Waals surface area contributed by atoms with Gasteiger partial charge in [0.25, 0.3) is 0 Å². The van der Waals surface area contributed by atoms with Crippen LogP contribution < -0.4 is 5.32 Å². The van der Waals surface area contributed by atoms with Gasteiger partial charge in [-0.1, -0.05) is 13.8 Å². The molecule has 0 aliphatic heterocycles. The molecule has 3 atom stereocenters. The molecule has 0 amide bonds. The van der Waals surface area contributed by atoms with Crippen LogP contribution in [0, 0.1) is 35.0 Å². The molecule has 4 rings (SSSR count). The Bertz CT molecular complexity index is 377. The van der Waals surface area contributed by atoms with Crippen LogP contribution in [-0.4, -0.2) is 12.6 Å². The summed E-state index contributed by atoms with van der Waals surface area (Å²) in [5.74, 6) is 4.90. The van der Waals surface area contributed by atoms with Crippen LogP contribution in [0.25, 0.3) is 0 Å². The zero-order valence-corrected chi connectivity index (χ0v) is 13.4. The van der Waals surface area contributed by atoms with E-state index in [2.05, 4.69) is 25.1 Å². The topological polar surface area (TPSA) is 12.0 Å². The fourth-order valence-corrected chi connectivity index (χ4v) is 6.38. The molecule has 112 valence electrons. The van der Waals surface area contributed by atoms with E-state index in [1.807, 2.05) is 0 Å². The fourth-order valence-electron chi connectivity index (χ4n) is 6.38. The highest BCUT2D eigenvalue weighted by Gasteiger charge is 2.57. The fraction of sp³-hybridized carbons (Fsp3) is 0.895. The minimum atomic E-state index is 0.574. The van der Waals surface area contributed by atoms with Gasteiger partial charge in [0, 0.05) is 12.5 Å². The molecule has 4 fully saturated rings. The molecular formula is C19H31N. The van der Waals surface area contributed by atoms with E-state index in [0.29, 0.717) is 16.9 Å². The molecule has 4 saturated carbocycles. The molecule has 1 N–H and O–H groups in total. The van der Waals surface area contributed by atoms with E-state index in [4.69, 9.17) is 6.42 Å². The molecule has 0 aromatic rings. The van der Waals surface area contributed by atoms with Crippen LogP contribution in [0.2, 0.25) is 0 Å². The SMILES string of the molecule is C#CCCC(NCCC)C12CC3CC(CC(C)(C3)C1)C2. The molecule has 0 saturated heterocycles. The third kappa shape index (κ3) is 2.52. The Morgan fingerprint density at radius 1 is 1.25 bits per heavy atom. The lowest BCUT2D eigenvalue weighted by Gasteiger charge is -2.63. The number of hydrogen-bond acceptors (Lipinski definition) is 1. The average Bonchev–Trinajstić information content (AvgIpc) is 2.35. The average molecular weight is 273 g/mol. The molecule has 0 radical (unpaired) electrons. The van der Waals surface area contributed by atoms with Gasteiger partial charge >= 0.3 is 0 Å². The summed E-state index contributed by atoms with van der Waals surface area (Å²) in [5, 5.41) is 3.88. The molecule has 0 spiro atoms. The van der Waals surface area contributed by atoms with Crippen LogP contribution in [0.3, 0.4) is 0 Å². The lowest BCUT2D eigenvalue weighted by molar-refractivity contribution is -0.118. The van der Waals surface area contributed by atoms with Crippen LogP contribution in [-0.2, 0) is 0 Å². The summed E-state index contributed by atoms with van der Waals surface area (Å²) >= 11 is 0.